The van der Waals surface area contributed by atoms with Crippen molar-refractivity contribution in [1.82, 2.24) is 20.9 Å². The summed E-state index contributed by atoms with van der Waals surface area (Å²) in [5, 5.41) is 9.22. The van der Waals surface area contributed by atoms with Gasteiger partial charge in [-0.2, -0.15) is 0 Å². The van der Waals surface area contributed by atoms with Crippen LogP contribution in [-0.2, 0) is 16.1 Å². The van der Waals surface area contributed by atoms with Crippen molar-refractivity contribution >= 4 is 23.6 Å². The van der Waals surface area contributed by atoms with E-state index in [-0.39, 0.29) is 18.7 Å². The molecule has 0 aliphatic carbocycles. The third-order valence-corrected chi connectivity index (χ3v) is 7.41. The maximum absolute atomic E-state index is 13.3. The molecule has 2 fully saturated rings. The van der Waals surface area contributed by atoms with Crippen LogP contribution in [0.25, 0.3) is 0 Å². The molecule has 8 heteroatoms. The molecule has 4 amide bonds. The van der Waals surface area contributed by atoms with E-state index in [9.17, 15) is 19.2 Å². The molecular weight excluding hydrogens is 444 g/mol. The number of nitrogens with zero attached hydrogens (tertiary/aromatic N) is 1. The zero-order valence-electron chi connectivity index (χ0n) is 19.6. The Balaban J connectivity index is 1.32. The number of rotatable bonds is 7. The van der Waals surface area contributed by atoms with Crippen LogP contribution in [0.1, 0.15) is 63.4 Å². The zero-order chi connectivity index (χ0) is 24.4. The van der Waals surface area contributed by atoms with Crippen molar-refractivity contribution in [2.75, 3.05) is 19.6 Å². The van der Waals surface area contributed by atoms with E-state index in [2.05, 4.69) is 40.2 Å². The van der Waals surface area contributed by atoms with E-state index in [4.69, 9.17) is 0 Å². The van der Waals surface area contributed by atoms with Gasteiger partial charge in [0.15, 0.2) is 0 Å². The monoisotopic (exact) mass is 474 g/mol. The summed E-state index contributed by atoms with van der Waals surface area (Å²) < 4.78 is 0. The van der Waals surface area contributed by atoms with Crippen LogP contribution in [0.4, 0.5) is 0 Å². The van der Waals surface area contributed by atoms with Crippen LogP contribution < -0.4 is 16.0 Å². The smallest absolute Gasteiger partial charge is 0.262 e. The molecule has 2 aromatic carbocycles. The maximum Gasteiger partial charge on any atom is 0.262 e. The van der Waals surface area contributed by atoms with Gasteiger partial charge < -0.3 is 10.6 Å². The van der Waals surface area contributed by atoms with Crippen molar-refractivity contribution in [3.63, 3.8) is 0 Å². The molecule has 0 aromatic heterocycles. The molecule has 2 atom stereocenters. The molecule has 0 spiro atoms. The molecule has 2 unspecified atom stereocenters. The van der Waals surface area contributed by atoms with Gasteiger partial charge in [-0.05, 0) is 61.4 Å². The van der Waals surface area contributed by atoms with Crippen LogP contribution in [0.2, 0.25) is 0 Å². The molecule has 0 saturated carbocycles. The quantitative estimate of drug-likeness (QED) is 0.530. The lowest BCUT2D eigenvalue weighted by Gasteiger charge is -2.31. The summed E-state index contributed by atoms with van der Waals surface area (Å²) in [6, 6.07) is 14.8. The van der Waals surface area contributed by atoms with Crippen molar-refractivity contribution < 1.29 is 19.2 Å². The Hall–Kier alpha value is -3.36. The Bertz CT molecular complexity index is 1140. The predicted molar refractivity (Wildman–Crippen MR) is 130 cm³/mol. The Labute approximate surface area is 204 Å². The fourth-order valence-corrected chi connectivity index (χ4v) is 5.60. The Kier molecular flexibility index (Phi) is 6.74. The highest BCUT2D eigenvalue weighted by Gasteiger charge is 2.45. The van der Waals surface area contributed by atoms with E-state index < -0.39 is 23.8 Å². The SMILES string of the molecule is O=C1CCC(N2C(=O)c3cccc(CNCC(c4ccccc4)C4CCNCC4)c3C2=O)C(=O)N1. The van der Waals surface area contributed by atoms with Crippen molar-refractivity contribution in [3.05, 3.63) is 70.8 Å². The van der Waals surface area contributed by atoms with Gasteiger partial charge in [-0.25, -0.2) is 0 Å². The average Bonchev–Trinajstić information content (AvgIpc) is 3.13. The molecule has 2 aromatic rings. The number of benzene rings is 2. The molecule has 3 N–H and O–H groups in total. The van der Waals surface area contributed by atoms with Crippen LogP contribution in [0, 0.1) is 5.92 Å². The van der Waals surface area contributed by atoms with Gasteiger partial charge in [-0.3, -0.25) is 29.4 Å². The lowest BCUT2D eigenvalue weighted by Crippen LogP contribution is -2.54. The molecule has 0 bridgehead atoms. The molecule has 5 rings (SSSR count). The van der Waals surface area contributed by atoms with Crippen molar-refractivity contribution in [2.24, 2.45) is 5.92 Å². The molecule has 3 aliphatic heterocycles. The van der Waals surface area contributed by atoms with Crippen molar-refractivity contribution in [1.29, 1.82) is 0 Å². The summed E-state index contributed by atoms with van der Waals surface area (Å²) in [7, 11) is 0. The number of carbonyl (C=O) groups is 4. The number of hydrogen-bond donors (Lipinski definition) is 3. The van der Waals surface area contributed by atoms with Gasteiger partial charge in [0.2, 0.25) is 11.8 Å². The summed E-state index contributed by atoms with van der Waals surface area (Å²) in [4.78, 5) is 51.3. The first-order chi connectivity index (χ1) is 17.0. The molecule has 182 valence electrons. The Morgan fingerprint density at radius 2 is 1.69 bits per heavy atom. The Morgan fingerprint density at radius 1 is 0.914 bits per heavy atom. The number of imide groups is 2. The molecule has 0 radical (unpaired) electrons. The van der Waals surface area contributed by atoms with Gasteiger partial charge in [-0.15, -0.1) is 0 Å². The normalized spacial score (nSPS) is 21.7. The second kappa shape index (κ2) is 10.1. The van der Waals surface area contributed by atoms with E-state index >= 15 is 0 Å². The lowest BCUT2D eigenvalue weighted by molar-refractivity contribution is -0.136. The van der Waals surface area contributed by atoms with Crippen LogP contribution >= 0.6 is 0 Å². The van der Waals surface area contributed by atoms with E-state index in [0.717, 1.165) is 42.9 Å². The summed E-state index contributed by atoms with van der Waals surface area (Å²) in [5.41, 5.74) is 2.72. The van der Waals surface area contributed by atoms with Crippen LogP contribution in [0.15, 0.2) is 48.5 Å². The number of nitrogens with one attached hydrogen (secondary N) is 3. The van der Waals surface area contributed by atoms with E-state index in [0.29, 0.717) is 29.5 Å². The molecular formula is C27H30N4O4. The van der Waals surface area contributed by atoms with Gasteiger partial charge in [0.05, 0.1) is 11.1 Å². The molecule has 8 nitrogen and oxygen atoms in total. The summed E-state index contributed by atoms with van der Waals surface area (Å²) in [6.45, 7) is 3.25. The standard InChI is InChI=1S/C27H30N4O4/c32-23-10-9-22(25(33)30-23)31-26(34)20-8-4-7-19(24(20)27(31)35)15-29-16-21(17-5-2-1-3-6-17)18-11-13-28-14-12-18/h1-8,18,21-22,28-29H,9-16H2,(H,30,32,33). The minimum absolute atomic E-state index is 0.107. The summed E-state index contributed by atoms with van der Waals surface area (Å²) in [5.74, 6) is -0.989. The number of fused-ring (bicyclic) bond motifs is 1. The highest BCUT2D eigenvalue weighted by molar-refractivity contribution is 6.24. The minimum atomic E-state index is -0.955. The molecule has 3 heterocycles. The largest absolute Gasteiger partial charge is 0.317 e. The average molecular weight is 475 g/mol. The van der Waals surface area contributed by atoms with Crippen LogP contribution in [0.5, 0.6) is 0 Å². The number of piperidine rings is 2. The van der Waals surface area contributed by atoms with Crippen molar-refractivity contribution in [3.8, 4) is 0 Å². The van der Waals surface area contributed by atoms with Crippen LogP contribution in [0.3, 0.4) is 0 Å². The fraction of sp³-hybridized carbons (Fsp3) is 0.407. The van der Waals surface area contributed by atoms with Gasteiger partial charge >= 0.3 is 0 Å². The highest BCUT2D eigenvalue weighted by Crippen LogP contribution is 2.32. The molecule has 2 saturated heterocycles. The second-order valence-corrected chi connectivity index (χ2v) is 9.52. The predicted octanol–water partition coefficient (Wildman–Crippen LogP) is 1.96. The van der Waals surface area contributed by atoms with E-state index in [1.165, 1.54) is 5.56 Å². The number of amides is 4. The van der Waals surface area contributed by atoms with Gasteiger partial charge in [-0.1, -0.05) is 42.5 Å². The van der Waals surface area contributed by atoms with Crippen LogP contribution in [-0.4, -0.2) is 54.2 Å². The fourth-order valence-electron chi connectivity index (χ4n) is 5.60. The second-order valence-electron chi connectivity index (χ2n) is 9.52. The number of carbonyl (C=O) groups excluding carboxylic acids is 4. The first-order valence-corrected chi connectivity index (χ1v) is 12.3. The topological polar surface area (TPSA) is 108 Å². The maximum atomic E-state index is 13.3. The van der Waals surface area contributed by atoms with Gasteiger partial charge in [0.1, 0.15) is 6.04 Å². The first-order valence-electron chi connectivity index (χ1n) is 12.3. The number of hydrogen-bond acceptors (Lipinski definition) is 6. The van der Waals surface area contributed by atoms with E-state index in [1.807, 2.05) is 12.1 Å². The summed E-state index contributed by atoms with van der Waals surface area (Å²) in [6.07, 6.45) is 2.50. The van der Waals surface area contributed by atoms with E-state index in [1.54, 1.807) is 12.1 Å². The van der Waals surface area contributed by atoms with Gasteiger partial charge in [0, 0.05) is 19.5 Å². The molecule has 35 heavy (non-hydrogen) atoms. The molecule has 3 aliphatic rings. The third kappa shape index (κ3) is 4.63. The third-order valence-electron chi connectivity index (χ3n) is 7.41. The minimum Gasteiger partial charge on any atom is -0.317 e. The first kappa shape index (κ1) is 23.4. The highest BCUT2D eigenvalue weighted by atomic mass is 16.2. The Morgan fingerprint density at radius 3 is 2.43 bits per heavy atom. The van der Waals surface area contributed by atoms with Crippen molar-refractivity contribution in [2.45, 2.75) is 44.2 Å². The van der Waals surface area contributed by atoms with Gasteiger partial charge in [0.25, 0.3) is 11.8 Å². The summed E-state index contributed by atoms with van der Waals surface area (Å²) >= 11 is 0. The zero-order valence-corrected chi connectivity index (χ0v) is 19.6. The lowest BCUT2D eigenvalue weighted by atomic mass is 9.80.